The molecule has 32 heavy (non-hydrogen) atoms. The normalized spacial score (nSPS) is 22.3. The molecule has 0 saturated carbocycles. The van der Waals surface area contributed by atoms with Crippen molar-refractivity contribution >= 4 is 11.6 Å². The summed E-state index contributed by atoms with van der Waals surface area (Å²) in [6, 6.07) is 15.8. The summed E-state index contributed by atoms with van der Waals surface area (Å²) in [6.07, 6.45) is 4.05. The Bertz CT molecular complexity index is 1220. The number of anilines is 1. The number of fused-ring (bicyclic) bond motifs is 5. The molecule has 0 aliphatic carbocycles. The van der Waals surface area contributed by atoms with E-state index in [4.69, 9.17) is 14.2 Å². The van der Waals surface area contributed by atoms with E-state index in [-0.39, 0.29) is 5.91 Å². The van der Waals surface area contributed by atoms with Gasteiger partial charge < -0.3 is 19.1 Å². The summed E-state index contributed by atoms with van der Waals surface area (Å²) >= 11 is 0. The Morgan fingerprint density at radius 2 is 1.66 bits per heavy atom. The quantitative estimate of drug-likeness (QED) is 0.611. The number of nitrogens with zero attached hydrogens (tertiary/aromatic N) is 2. The Morgan fingerprint density at radius 1 is 0.938 bits per heavy atom. The molecular weight excluding hydrogens is 404 g/mol. The first kappa shape index (κ1) is 19.2. The third-order valence-electron chi connectivity index (χ3n) is 6.54. The van der Waals surface area contributed by atoms with Crippen LogP contribution in [0.5, 0.6) is 17.2 Å². The smallest absolute Gasteiger partial charge is 0.242 e. The molecule has 1 amide bonds. The molecule has 1 aromatic heterocycles. The first-order chi connectivity index (χ1) is 15.5. The highest BCUT2D eigenvalue weighted by molar-refractivity contribution is 6.11. The lowest BCUT2D eigenvalue weighted by Gasteiger charge is -2.43. The lowest BCUT2D eigenvalue weighted by Crippen LogP contribution is -2.50. The average molecular weight is 428 g/mol. The Kier molecular flexibility index (Phi) is 4.03. The first-order valence-electron chi connectivity index (χ1n) is 10.9. The second kappa shape index (κ2) is 6.73. The minimum Gasteiger partial charge on any atom is -0.487 e. The number of carbonyl (C=O) groups is 1. The lowest BCUT2D eigenvalue weighted by atomic mass is 9.67. The van der Waals surface area contributed by atoms with Crippen molar-refractivity contribution in [3.05, 3.63) is 77.6 Å². The van der Waals surface area contributed by atoms with Crippen LogP contribution >= 0.6 is 0 Å². The zero-order valence-corrected chi connectivity index (χ0v) is 18.1. The Balaban J connectivity index is 1.57. The molecule has 1 atom stereocenters. The Labute approximate surface area is 186 Å². The van der Waals surface area contributed by atoms with Crippen LogP contribution in [0.3, 0.4) is 0 Å². The molecule has 162 valence electrons. The van der Waals surface area contributed by atoms with E-state index >= 15 is 0 Å². The number of hydrogen-bond donors (Lipinski definition) is 0. The van der Waals surface area contributed by atoms with E-state index < -0.39 is 11.0 Å². The number of para-hydroxylation sites is 1. The predicted molar refractivity (Wildman–Crippen MR) is 119 cm³/mol. The molecule has 1 spiro atoms. The van der Waals surface area contributed by atoms with E-state index in [1.165, 1.54) is 0 Å². The van der Waals surface area contributed by atoms with Gasteiger partial charge in [-0.1, -0.05) is 18.2 Å². The van der Waals surface area contributed by atoms with Crippen LogP contribution in [0.15, 0.2) is 60.9 Å². The van der Waals surface area contributed by atoms with Gasteiger partial charge >= 0.3 is 0 Å². The number of benzene rings is 2. The summed E-state index contributed by atoms with van der Waals surface area (Å²) in [4.78, 5) is 20.4. The Morgan fingerprint density at radius 3 is 2.44 bits per heavy atom. The summed E-state index contributed by atoms with van der Waals surface area (Å²) in [7, 11) is 0. The molecule has 0 saturated heterocycles. The van der Waals surface area contributed by atoms with Crippen LogP contribution in [0.2, 0.25) is 0 Å². The van der Waals surface area contributed by atoms with Gasteiger partial charge in [-0.3, -0.25) is 9.78 Å². The topological polar surface area (TPSA) is 60.9 Å². The molecule has 0 bridgehead atoms. The van der Waals surface area contributed by atoms with Crippen molar-refractivity contribution in [2.45, 2.75) is 37.8 Å². The first-order valence-corrected chi connectivity index (χ1v) is 10.9. The van der Waals surface area contributed by atoms with Crippen molar-refractivity contribution in [2.75, 3.05) is 18.1 Å². The van der Waals surface area contributed by atoms with Crippen LogP contribution in [0.1, 0.15) is 37.0 Å². The van der Waals surface area contributed by atoms with Crippen molar-refractivity contribution in [1.82, 2.24) is 4.98 Å². The molecule has 3 aliphatic rings. The molecule has 6 rings (SSSR count). The standard InChI is InChI=1S/C26H24N2O4/c1-25(2)16-26(19-13-22-23(14-21(19)32-25)31-12-11-30-22)18-5-3-4-6-20(18)28(24(26)29)15-17-7-9-27-10-8-17/h3-10,13-14H,11-12,15-16H2,1-2H3. The maximum atomic E-state index is 14.3. The van der Waals surface area contributed by atoms with Crippen molar-refractivity contribution < 1.29 is 19.0 Å². The number of rotatable bonds is 2. The average Bonchev–Trinajstić information content (AvgIpc) is 3.01. The van der Waals surface area contributed by atoms with Crippen molar-refractivity contribution in [3.8, 4) is 17.2 Å². The number of pyridine rings is 1. The molecule has 6 nitrogen and oxygen atoms in total. The third-order valence-corrected chi connectivity index (χ3v) is 6.54. The minimum atomic E-state index is -0.851. The number of carbonyl (C=O) groups excluding carboxylic acids is 1. The second-order valence-electron chi connectivity index (χ2n) is 9.20. The summed E-state index contributed by atoms with van der Waals surface area (Å²) in [5.41, 5.74) is 2.44. The highest BCUT2D eigenvalue weighted by Gasteiger charge is 2.58. The maximum absolute atomic E-state index is 14.3. The molecule has 4 heterocycles. The van der Waals surface area contributed by atoms with E-state index in [0.717, 1.165) is 22.4 Å². The maximum Gasteiger partial charge on any atom is 0.242 e. The van der Waals surface area contributed by atoms with E-state index in [1.807, 2.05) is 61.2 Å². The highest BCUT2D eigenvalue weighted by atomic mass is 16.6. The number of ether oxygens (including phenoxy) is 3. The van der Waals surface area contributed by atoms with E-state index in [2.05, 4.69) is 11.1 Å². The van der Waals surface area contributed by atoms with E-state index in [1.54, 1.807) is 12.4 Å². The van der Waals surface area contributed by atoms with Crippen LogP contribution in [0, 0.1) is 0 Å². The minimum absolute atomic E-state index is 0.0600. The van der Waals surface area contributed by atoms with Crippen LogP contribution in [-0.4, -0.2) is 29.7 Å². The van der Waals surface area contributed by atoms with Crippen LogP contribution in [0.4, 0.5) is 5.69 Å². The fraction of sp³-hybridized carbons (Fsp3) is 0.308. The van der Waals surface area contributed by atoms with Crippen molar-refractivity contribution in [2.24, 2.45) is 0 Å². The van der Waals surface area contributed by atoms with Crippen LogP contribution in [-0.2, 0) is 16.8 Å². The third kappa shape index (κ3) is 2.72. The van der Waals surface area contributed by atoms with E-state index in [0.29, 0.717) is 43.4 Å². The van der Waals surface area contributed by atoms with Gasteiger partial charge in [-0.2, -0.15) is 0 Å². The summed E-state index contributed by atoms with van der Waals surface area (Å²) in [5.74, 6) is 2.06. The Hall–Kier alpha value is -3.54. The van der Waals surface area contributed by atoms with E-state index in [9.17, 15) is 4.79 Å². The van der Waals surface area contributed by atoms with Gasteiger partial charge in [0.15, 0.2) is 11.5 Å². The van der Waals surface area contributed by atoms with Gasteiger partial charge in [-0.15, -0.1) is 0 Å². The second-order valence-corrected chi connectivity index (χ2v) is 9.20. The number of amides is 1. The molecule has 0 N–H and O–H groups in total. The molecule has 3 aromatic rings. The predicted octanol–water partition coefficient (Wildman–Crippen LogP) is 4.25. The molecule has 1 unspecified atom stereocenters. The summed E-state index contributed by atoms with van der Waals surface area (Å²) in [6.45, 7) is 5.55. The van der Waals surface area contributed by atoms with Crippen LogP contribution < -0.4 is 19.1 Å². The molecular formula is C26H24N2O4. The van der Waals surface area contributed by atoms with Gasteiger partial charge in [0.1, 0.15) is 30.0 Å². The highest BCUT2D eigenvalue weighted by Crippen LogP contribution is 2.57. The molecule has 6 heteroatoms. The monoisotopic (exact) mass is 428 g/mol. The van der Waals surface area contributed by atoms with Crippen molar-refractivity contribution in [3.63, 3.8) is 0 Å². The van der Waals surface area contributed by atoms with Crippen molar-refractivity contribution in [1.29, 1.82) is 0 Å². The fourth-order valence-corrected chi connectivity index (χ4v) is 5.34. The van der Waals surface area contributed by atoms with Gasteiger partial charge in [-0.25, -0.2) is 0 Å². The molecule has 0 fully saturated rings. The largest absolute Gasteiger partial charge is 0.487 e. The van der Waals surface area contributed by atoms with Gasteiger partial charge in [0.2, 0.25) is 5.91 Å². The number of aromatic nitrogens is 1. The zero-order chi connectivity index (χ0) is 21.9. The molecule has 2 aromatic carbocycles. The summed E-state index contributed by atoms with van der Waals surface area (Å²) < 4.78 is 18.1. The molecule has 0 radical (unpaired) electrons. The SMILES string of the molecule is CC1(C)CC2(C(=O)N(Cc3ccncc3)c3ccccc32)c2cc3c(cc2O1)OCCO3. The zero-order valence-electron chi connectivity index (χ0n) is 18.1. The van der Waals surface area contributed by atoms with Crippen LogP contribution in [0.25, 0.3) is 0 Å². The lowest BCUT2D eigenvalue weighted by molar-refractivity contribution is -0.124. The summed E-state index contributed by atoms with van der Waals surface area (Å²) in [5, 5.41) is 0. The van der Waals surface area contributed by atoms with Gasteiger partial charge in [-0.05, 0) is 49.2 Å². The number of hydrogen-bond acceptors (Lipinski definition) is 5. The van der Waals surface area contributed by atoms with Gasteiger partial charge in [0.25, 0.3) is 0 Å². The van der Waals surface area contributed by atoms with Gasteiger partial charge in [0, 0.05) is 36.1 Å². The fourth-order valence-electron chi connectivity index (χ4n) is 5.34. The molecule has 3 aliphatic heterocycles. The van der Waals surface area contributed by atoms with Gasteiger partial charge in [0.05, 0.1) is 6.54 Å².